The van der Waals surface area contributed by atoms with Crippen LogP contribution in [0.2, 0.25) is 0 Å². The quantitative estimate of drug-likeness (QED) is 0.177. The Morgan fingerprint density at radius 3 is 2.54 bits per heavy atom. The van der Waals surface area contributed by atoms with Crippen LogP contribution < -0.4 is 9.64 Å². The molecule has 3 aromatic carbocycles. The first-order chi connectivity index (χ1) is 18.5. The number of amides is 1. The van der Waals surface area contributed by atoms with E-state index in [0.717, 1.165) is 28.2 Å². The molecule has 1 amide bonds. The largest absolute Gasteiger partial charge is 0.507 e. The summed E-state index contributed by atoms with van der Waals surface area (Å²) in [5, 5.41) is 11.8. The molecule has 198 valence electrons. The molecule has 2 aliphatic heterocycles. The third-order valence-corrected chi connectivity index (χ3v) is 8.27. The fourth-order valence-electron chi connectivity index (χ4n) is 5.22. The van der Waals surface area contributed by atoms with E-state index in [2.05, 4.69) is 25.8 Å². The van der Waals surface area contributed by atoms with Gasteiger partial charge < -0.3 is 9.84 Å². The zero-order valence-electron chi connectivity index (χ0n) is 22.0. The van der Waals surface area contributed by atoms with Gasteiger partial charge in [0.2, 0.25) is 0 Å². The number of ketones is 1. The summed E-state index contributed by atoms with van der Waals surface area (Å²) in [6.45, 7) is 8.28. The Hall–Kier alpha value is -4.04. The number of nitrogens with zero attached hydrogens (tertiary/aromatic N) is 2. The van der Waals surface area contributed by atoms with Gasteiger partial charge in [0.15, 0.2) is 5.13 Å². The Morgan fingerprint density at radius 2 is 1.82 bits per heavy atom. The first kappa shape index (κ1) is 25.2. The van der Waals surface area contributed by atoms with Gasteiger partial charge in [0.25, 0.3) is 5.78 Å². The lowest BCUT2D eigenvalue weighted by Crippen LogP contribution is -2.29. The van der Waals surface area contributed by atoms with Crippen molar-refractivity contribution in [3.8, 4) is 5.75 Å². The summed E-state index contributed by atoms with van der Waals surface area (Å²) in [5.41, 5.74) is 3.53. The fourth-order valence-corrected chi connectivity index (χ4v) is 6.24. The van der Waals surface area contributed by atoms with Crippen LogP contribution in [0, 0.1) is 5.82 Å². The average molecular weight is 543 g/mol. The highest BCUT2D eigenvalue weighted by atomic mass is 32.1. The Balaban J connectivity index is 1.53. The second-order valence-corrected chi connectivity index (χ2v) is 12.1. The number of ether oxygens (including phenoxy) is 1. The van der Waals surface area contributed by atoms with Crippen molar-refractivity contribution in [3.63, 3.8) is 0 Å². The number of benzene rings is 3. The van der Waals surface area contributed by atoms with Crippen molar-refractivity contribution in [3.05, 3.63) is 94.3 Å². The van der Waals surface area contributed by atoms with Gasteiger partial charge in [0.05, 0.1) is 21.8 Å². The highest BCUT2D eigenvalue weighted by Gasteiger charge is 2.48. The number of fused-ring (bicyclic) bond motifs is 2. The smallest absolute Gasteiger partial charge is 0.301 e. The predicted molar refractivity (Wildman–Crippen MR) is 150 cm³/mol. The van der Waals surface area contributed by atoms with E-state index >= 15 is 0 Å². The Kier molecular flexibility index (Phi) is 5.84. The maximum absolute atomic E-state index is 13.9. The van der Waals surface area contributed by atoms with Gasteiger partial charge >= 0.3 is 5.91 Å². The molecule has 0 saturated carbocycles. The number of carbonyl (C=O) groups excluding carboxylic acids is 2. The maximum Gasteiger partial charge on any atom is 0.301 e. The van der Waals surface area contributed by atoms with Gasteiger partial charge in [-0.05, 0) is 65.4 Å². The van der Waals surface area contributed by atoms with Crippen LogP contribution in [0.1, 0.15) is 56.0 Å². The number of hydrogen-bond donors (Lipinski definition) is 1. The molecular weight excluding hydrogens is 515 g/mol. The topological polar surface area (TPSA) is 79.7 Å². The minimum Gasteiger partial charge on any atom is -0.507 e. The summed E-state index contributed by atoms with van der Waals surface area (Å²) in [6.07, 6.45) is 0.707. The molecule has 8 heteroatoms. The number of aliphatic hydroxyl groups excluding tert-OH is 1. The van der Waals surface area contributed by atoms with Crippen molar-refractivity contribution in [1.82, 2.24) is 4.98 Å². The lowest BCUT2D eigenvalue weighted by atomic mass is 9.85. The number of halogens is 1. The summed E-state index contributed by atoms with van der Waals surface area (Å²) in [4.78, 5) is 33.0. The number of Topliss-reactive ketones (excluding diaryl/α,β-unsaturated/α-hetero) is 1. The molecule has 1 saturated heterocycles. The third-order valence-electron chi connectivity index (χ3n) is 7.25. The highest BCUT2D eigenvalue weighted by Crippen LogP contribution is 2.45. The van der Waals surface area contributed by atoms with Crippen LogP contribution in [-0.4, -0.2) is 27.9 Å². The van der Waals surface area contributed by atoms with E-state index in [1.54, 1.807) is 18.2 Å². The normalized spacial score (nSPS) is 20.5. The van der Waals surface area contributed by atoms with E-state index in [9.17, 15) is 19.1 Å². The lowest BCUT2D eigenvalue weighted by Gasteiger charge is -2.24. The van der Waals surface area contributed by atoms with Crippen LogP contribution in [0.15, 0.2) is 66.2 Å². The number of anilines is 1. The van der Waals surface area contributed by atoms with Crippen molar-refractivity contribution >= 4 is 44.1 Å². The lowest BCUT2D eigenvalue weighted by molar-refractivity contribution is -0.132. The summed E-state index contributed by atoms with van der Waals surface area (Å²) in [5.74, 6) is -1.51. The van der Waals surface area contributed by atoms with Crippen LogP contribution in [0.3, 0.4) is 0 Å². The van der Waals surface area contributed by atoms with E-state index in [-0.39, 0.29) is 28.0 Å². The second-order valence-electron chi connectivity index (χ2n) is 11.1. The molecule has 0 unspecified atom stereocenters. The Bertz CT molecular complexity index is 1680. The maximum atomic E-state index is 13.9. The van der Waals surface area contributed by atoms with Gasteiger partial charge in [0, 0.05) is 12.0 Å². The van der Waals surface area contributed by atoms with Gasteiger partial charge in [-0.25, -0.2) is 9.37 Å². The summed E-state index contributed by atoms with van der Waals surface area (Å²) in [6, 6.07) is 16.3. The van der Waals surface area contributed by atoms with Crippen LogP contribution in [-0.2, 0) is 21.4 Å². The van der Waals surface area contributed by atoms with E-state index in [1.165, 1.54) is 17.0 Å². The minimum atomic E-state index is -0.909. The summed E-state index contributed by atoms with van der Waals surface area (Å²) in [7, 11) is 0. The molecule has 2 atom stereocenters. The molecule has 0 radical (unpaired) electrons. The van der Waals surface area contributed by atoms with Crippen LogP contribution in [0.4, 0.5) is 9.52 Å². The molecule has 6 nitrogen and oxygen atoms in total. The van der Waals surface area contributed by atoms with Crippen molar-refractivity contribution in [2.45, 2.75) is 51.7 Å². The van der Waals surface area contributed by atoms with Crippen molar-refractivity contribution in [1.29, 1.82) is 0 Å². The molecule has 1 aromatic heterocycles. The van der Waals surface area contributed by atoms with Crippen molar-refractivity contribution in [2.75, 3.05) is 4.90 Å². The monoisotopic (exact) mass is 542 g/mol. The van der Waals surface area contributed by atoms with Gasteiger partial charge in [-0.1, -0.05) is 56.4 Å². The SMILES string of the molecule is C[C@@H]1Cc2cc(/C(O)=C3\C(=O)C(=O)N(c4nc5ccc(F)cc5s4)[C@H]3c3ccc(C(C)(C)C)cc3)ccc2O1. The Labute approximate surface area is 229 Å². The zero-order valence-corrected chi connectivity index (χ0v) is 22.8. The number of aromatic nitrogens is 1. The number of aliphatic hydroxyl groups is 1. The van der Waals surface area contributed by atoms with Gasteiger partial charge in [-0.2, -0.15) is 0 Å². The first-order valence-electron chi connectivity index (χ1n) is 12.8. The molecule has 39 heavy (non-hydrogen) atoms. The standard InChI is InChI=1S/C31H27FN2O4S/c1-16-13-19-14-18(7-12-23(19)38-16)27(35)25-26(17-5-8-20(9-6-17)31(2,3)4)34(29(37)28(25)36)30-33-22-11-10-21(32)15-24(22)39-30/h5-12,14-16,26,35H,13H2,1-4H3/b27-25+/t16-,26+/m1/s1. The molecule has 1 N–H and O–H groups in total. The molecule has 6 rings (SSSR count). The van der Waals surface area contributed by atoms with Gasteiger partial charge in [-0.3, -0.25) is 14.5 Å². The van der Waals surface area contributed by atoms with E-state index in [1.807, 2.05) is 37.3 Å². The summed E-state index contributed by atoms with van der Waals surface area (Å²) < 4.78 is 20.2. The molecular formula is C31H27FN2O4S. The molecule has 4 aromatic rings. The molecule has 0 aliphatic carbocycles. The third kappa shape index (κ3) is 4.29. The van der Waals surface area contributed by atoms with Gasteiger partial charge in [0.1, 0.15) is 23.4 Å². The average Bonchev–Trinajstić information content (AvgIpc) is 3.55. The first-order valence-corrected chi connectivity index (χ1v) is 13.6. The molecule has 1 fully saturated rings. The predicted octanol–water partition coefficient (Wildman–Crippen LogP) is 6.68. The van der Waals surface area contributed by atoms with Gasteiger partial charge in [-0.15, -0.1) is 0 Å². The number of thiazole rings is 1. The second kappa shape index (κ2) is 9.02. The zero-order chi connectivity index (χ0) is 27.6. The van der Waals surface area contributed by atoms with E-state index < -0.39 is 23.5 Å². The minimum absolute atomic E-state index is 0.0131. The Morgan fingerprint density at radius 1 is 1.08 bits per heavy atom. The summed E-state index contributed by atoms with van der Waals surface area (Å²) >= 11 is 1.13. The van der Waals surface area contributed by atoms with Crippen LogP contribution in [0.25, 0.3) is 16.0 Å². The number of carbonyl (C=O) groups is 2. The molecule has 3 heterocycles. The number of rotatable bonds is 3. The molecule has 0 spiro atoms. The van der Waals surface area contributed by atoms with Crippen LogP contribution in [0.5, 0.6) is 5.75 Å². The fraction of sp³-hybridized carbons (Fsp3) is 0.258. The van der Waals surface area contributed by atoms with Crippen LogP contribution >= 0.6 is 11.3 Å². The van der Waals surface area contributed by atoms with E-state index in [0.29, 0.717) is 27.8 Å². The highest BCUT2D eigenvalue weighted by molar-refractivity contribution is 7.22. The molecule has 0 bridgehead atoms. The van der Waals surface area contributed by atoms with Crippen molar-refractivity contribution < 1.29 is 23.8 Å². The van der Waals surface area contributed by atoms with E-state index in [4.69, 9.17) is 4.74 Å². The van der Waals surface area contributed by atoms with Crippen molar-refractivity contribution in [2.24, 2.45) is 0 Å². The molecule has 2 aliphatic rings. The number of hydrogen-bond acceptors (Lipinski definition) is 6.